The smallest absolute Gasteiger partial charge is 0.335 e. The van der Waals surface area contributed by atoms with E-state index < -0.39 is 6.10 Å². The normalized spacial score (nSPS) is 11.9. The Hall–Kier alpha value is -3.46. The topological polar surface area (TPSA) is 80.0 Å². The number of hydrogen-bond donors (Lipinski definition) is 0. The maximum absolute atomic E-state index is 12.1. The molecule has 0 unspecified atom stereocenters. The van der Waals surface area contributed by atoms with Crippen molar-refractivity contribution in [2.75, 3.05) is 20.3 Å². The van der Waals surface area contributed by atoms with E-state index in [1.165, 1.54) is 15.3 Å². The van der Waals surface area contributed by atoms with Crippen LogP contribution in [-0.4, -0.2) is 37.6 Å². The van der Waals surface area contributed by atoms with Crippen molar-refractivity contribution in [2.45, 2.75) is 46.5 Å². The lowest BCUT2D eigenvalue weighted by Gasteiger charge is -2.15. The van der Waals surface area contributed by atoms with Crippen molar-refractivity contribution in [1.82, 2.24) is 5.16 Å². The zero-order valence-electron chi connectivity index (χ0n) is 22.2. The van der Waals surface area contributed by atoms with Crippen LogP contribution in [0.15, 0.2) is 65.2 Å². The van der Waals surface area contributed by atoms with E-state index in [4.69, 9.17) is 23.5 Å². The van der Waals surface area contributed by atoms with E-state index in [1.807, 2.05) is 49.4 Å². The first-order valence-electron chi connectivity index (χ1n) is 12.6. The predicted molar refractivity (Wildman–Crippen MR) is 147 cm³/mol. The van der Waals surface area contributed by atoms with Crippen LogP contribution < -0.4 is 4.74 Å². The zero-order chi connectivity index (χ0) is 26.9. The third-order valence-electron chi connectivity index (χ3n) is 5.96. The highest BCUT2D eigenvalue weighted by atomic mass is 32.1. The molecule has 0 fully saturated rings. The largest absolute Gasteiger partial charge is 0.488 e. The van der Waals surface area contributed by atoms with E-state index in [9.17, 15) is 4.79 Å². The molecule has 1 atom stereocenters. The van der Waals surface area contributed by atoms with Gasteiger partial charge < -0.3 is 23.5 Å². The van der Waals surface area contributed by atoms with Crippen LogP contribution >= 0.6 is 11.3 Å². The van der Waals surface area contributed by atoms with Crippen molar-refractivity contribution in [3.05, 3.63) is 82.4 Å². The summed E-state index contributed by atoms with van der Waals surface area (Å²) in [5.41, 5.74) is 5.06. The molecule has 4 rings (SSSR count). The predicted octanol–water partition coefficient (Wildman–Crippen LogP) is 6.61. The minimum Gasteiger partial charge on any atom is -0.488 e. The van der Waals surface area contributed by atoms with Gasteiger partial charge in [0.05, 0.1) is 13.2 Å². The van der Waals surface area contributed by atoms with Crippen molar-refractivity contribution in [3.8, 4) is 27.5 Å². The summed E-state index contributed by atoms with van der Waals surface area (Å²) in [5, 5.41) is 4.03. The summed E-state index contributed by atoms with van der Waals surface area (Å²) < 4.78 is 27.3. The summed E-state index contributed by atoms with van der Waals surface area (Å²) in [5.74, 6) is 1.17. The Labute approximate surface area is 227 Å². The van der Waals surface area contributed by atoms with Crippen molar-refractivity contribution in [3.63, 3.8) is 0 Å². The first-order chi connectivity index (χ1) is 18.5. The van der Waals surface area contributed by atoms with E-state index >= 15 is 0 Å². The van der Waals surface area contributed by atoms with Gasteiger partial charge in [-0.15, -0.1) is 11.3 Å². The fourth-order valence-corrected chi connectivity index (χ4v) is 5.09. The number of nitrogens with zero attached hydrogens (tertiary/aromatic N) is 1. The molecule has 7 nitrogen and oxygen atoms in total. The van der Waals surface area contributed by atoms with Crippen LogP contribution in [0.2, 0.25) is 0 Å². The Balaban J connectivity index is 1.36. The Morgan fingerprint density at radius 2 is 1.71 bits per heavy atom. The summed E-state index contributed by atoms with van der Waals surface area (Å²) in [6, 6.07) is 20.1. The molecule has 0 saturated heterocycles. The zero-order valence-corrected chi connectivity index (χ0v) is 23.0. The second-order valence-electron chi connectivity index (χ2n) is 8.74. The lowest BCUT2D eigenvalue weighted by Crippen LogP contribution is -2.28. The van der Waals surface area contributed by atoms with Crippen LogP contribution in [0.3, 0.4) is 0 Å². The molecule has 0 bridgehead atoms. The molecule has 4 aromatic rings. The van der Waals surface area contributed by atoms with Gasteiger partial charge in [-0.3, -0.25) is 0 Å². The van der Waals surface area contributed by atoms with Gasteiger partial charge in [-0.2, -0.15) is 0 Å². The molecule has 2 aromatic heterocycles. The molecule has 0 saturated carbocycles. The molecule has 0 amide bonds. The van der Waals surface area contributed by atoms with Crippen LogP contribution in [0.25, 0.3) is 21.8 Å². The lowest BCUT2D eigenvalue weighted by atomic mass is 10.1. The highest BCUT2D eigenvalue weighted by Crippen LogP contribution is 2.33. The average Bonchev–Trinajstić information content (AvgIpc) is 3.55. The van der Waals surface area contributed by atoms with Gasteiger partial charge in [0.15, 0.2) is 11.9 Å². The van der Waals surface area contributed by atoms with Crippen molar-refractivity contribution in [1.29, 1.82) is 0 Å². The summed E-state index contributed by atoms with van der Waals surface area (Å²) in [7, 11) is 1.63. The van der Waals surface area contributed by atoms with Crippen LogP contribution in [0.4, 0.5) is 0 Å². The summed E-state index contributed by atoms with van der Waals surface area (Å²) in [4.78, 5) is 14.5. The van der Waals surface area contributed by atoms with Gasteiger partial charge in [-0.1, -0.05) is 41.6 Å². The first kappa shape index (κ1) is 27.6. The first-order valence-corrected chi connectivity index (χ1v) is 13.5. The fourth-order valence-electron chi connectivity index (χ4n) is 4.00. The molecule has 0 aliphatic rings. The fraction of sp³-hybridized carbons (Fsp3) is 0.333. The number of carbonyl (C=O) groups excluding carboxylic acids is 1. The second kappa shape index (κ2) is 13.4. The molecule has 0 radical (unpaired) electrons. The van der Waals surface area contributed by atoms with Gasteiger partial charge in [-0.05, 0) is 55.7 Å². The maximum Gasteiger partial charge on any atom is 0.335 e. The molecule has 38 heavy (non-hydrogen) atoms. The highest BCUT2D eigenvalue weighted by molar-refractivity contribution is 7.15. The number of ether oxygens (including phenoxy) is 4. The standard InChI is InChI=1S/C30H33NO6S/c1-5-34-27(30(32)35-6-2)16-21-7-13-25(14-8-21)36-19-29-20(3)15-28(38-29)23-11-9-22(10-12-23)26-17-24(18-33-4)31-37-26/h7-15,17,27H,5-6,16,18-19H2,1-4H3/t27-/m0/s1. The number of esters is 1. The maximum atomic E-state index is 12.1. The van der Waals surface area contributed by atoms with Crippen LogP contribution in [0.5, 0.6) is 5.75 Å². The number of rotatable bonds is 13. The summed E-state index contributed by atoms with van der Waals surface area (Å²) in [6.45, 7) is 7.46. The van der Waals surface area contributed by atoms with Crippen LogP contribution in [0, 0.1) is 6.92 Å². The average molecular weight is 536 g/mol. The van der Waals surface area contributed by atoms with E-state index in [0.29, 0.717) is 32.8 Å². The van der Waals surface area contributed by atoms with Crippen molar-refractivity contribution >= 4 is 17.3 Å². The van der Waals surface area contributed by atoms with Gasteiger partial charge in [0.25, 0.3) is 0 Å². The number of aryl methyl sites for hydroxylation is 1. The molecular weight excluding hydrogens is 502 g/mol. The van der Waals surface area contributed by atoms with E-state index in [-0.39, 0.29) is 5.97 Å². The van der Waals surface area contributed by atoms with Gasteiger partial charge in [0.2, 0.25) is 0 Å². The monoisotopic (exact) mass is 535 g/mol. The van der Waals surface area contributed by atoms with Gasteiger partial charge >= 0.3 is 5.97 Å². The Kier molecular flexibility index (Phi) is 9.70. The summed E-state index contributed by atoms with van der Waals surface area (Å²) in [6.07, 6.45) is -0.138. The lowest BCUT2D eigenvalue weighted by molar-refractivity contribution is -0.156. The molecule has 2 heterocycles. The number of aromatic nitrogens is 1. The van der Waals surface area contributed by atoms with Gasteiger partial charge in [-0.25, -0.2) is 4.79 Å². The molecule has 0 spiro atoms. The van der Waals surface area contributed by atoms with Gasteiger partial charge in [0, 0.05) is 41.5 Å². The van der Waals surface area contributed by atoms with E-state index in [1.54, 1.807) is 25.4 Å². The number of carbonyl (C=O) groups is 1. The highest BCUT2D eigenvalue weighted by Gasteiger charge is 2.20. The van der Waals surface area contributed by atoms with Crippen LogP contribution in [0.1, 0.15) is 35.5 Å². The Bertz CT molecular complexity index is 1310. The number of benzene rings is 2. The van der Waals surface area contributed by atoms with Gasteiger partial charge in [0.1, 0.15) is 18.1 Å². The van der Waals surface area contributed by atoms with Crippen LogP contribution in [-0.2, 0) is 38.6 Å². The van der Waals surface area contributed by atoms with Crippen molar-refractivity contribution in [2.24, 2.45) is 0 Å². The van der Waals surface area contributed by atoms with E-state index in [0.717, 1.165) is 33.9 Å². The molecule has 200 valence electrons. The number of hydrogen-bond acceptors (Lipinski definition) is 8. The summed E-state index contributed by atoms with van der Waals surface area (Å²) >= 11 is 1.72. The molecular formula is C30H33NO6S. The SMILES string of the molecule is CCOC(=O)[C@H](Cc1ccc(OCc2sc(-c3ccc(-c4cc(COC)no4)cc3)cc2C)cc1)OCC. The quantitative estimate of drug-likeness (QED) is 0.178. The minimum atomic E-state index is -0.600. The minimum absolute atomic E-state index is 0.331. The molecule has 0 N–H and O–H groups in total. The number of thiophene rings is 1. The van der Waals surface area contributed by atoms with E-state index in [2.05, 4.69) is 30.3 Å². The Morgan fingerprint density at radius 3 is 2.39 bits per heavy atom. The third kappa shape index (κ3) is 7.10. The molecule has 0 aliphatic carbocycles. The Morgan fingerprint density at radius 1 is 0.974 bits per heavy atom. The number of methoxy groups -OCH3 is 1. The third-order valence-corrected chi connectivity index (χ3v) is 7.22. The van der Waals surface area contributed by atoms with Crippen molar-refractivity contribution < 1.29 is 28.3 Å². The second-order valence-corrected chi connectivity index (χ2v) is 9.88. The molecule has 2 aromatic carbocycles. The molecule has 8 heteroatoms. The molecule has 0 aliphatic heterocycles.